The predicted octanol–water partition coefficient (Wildman–Crippen LogP) is 2.55. The summed E-state index contributed by atoms with van der Waals surface area (Å²) in [6.07, 6.45) is 6.79. The highest BCUT2D eigenvalue weighted by atomic mass is 15.2. The van der Waals surface area contributed by atoms with Gasteiger partial charge >= 0.3 is 0 Å². The molecule has 0 aromatic heterocycles. The van der Waals surface area contributed by atoms with Crippen molar-refractivity contribution in [1.82, 2.24) is 14.7 Å². The van der Waals surface area contributed by atoms with Crippen LogP contribution >= 0.6 is 0 Å². The molecule has 0 bridgehead atoms. The molecule has 0 heterocycles. The first-order chi connectivity index (χ1) is 9.13. The lowest BCUT2D eigenvalue weighted by molar-refractivity contribution is 0.213. The number of likely N-dealkylation sites (N-methyl/N-ethyl adjacent to an activating group) is 3. The molecule has 0 N–H and O–H groups in total. The zero-order valence-corrected chi connectivity index (χ0v) is 13.9. The van der Waals surface area contributed by atoms with E-state index in [1.165, 1.54) is 32.6 Å². The quantitative estimate of drug-likeness (QED) is 0.504. The Balaban J connectivity index is 3.64. The maximum Gasteiger partial charge on any atom is 0.0109 e. The van der Waals surface area contributed by atoms with Gasteiger partial charge in [0, 0.05) is 32.7 Å². The molecule has 0 fully saturated rings. The van der Waals surface area contributed by atoms with E-state index >= 15 is 0 Å². The Bertz CT molecular complexity index is 216. The summed E-state index contributed by atoms with van der Waals surface area (Å²) in [4.78, 5) is 7.40. The SMILES string of the molecule is CC=CCCN(C)CCN(C)CCN(CC)CCC. The molecule has 0 rings (SSSR count). The minimum Gasteiger partial charge on any atom is -0.305 e. The molecule has 0 amide bonds. The van der Waals surface area contributed by atoms with Crippen molar-refractivity contribution in [3.05, 3.63) is 12.2 Å². The van der Waals surface area contributed by atoms with Gasteiger partial charge in [-0.2, -0.15) is 0 Å². The van der Waals surface area contributed by atoms with Crippen molar-refractivity contribution in [3.63, 3.8) is 0 Å². The van der Waals surface area contributed by atoms with Gasteiger partial charge in [-0.25, -0.2) is 0 Å². The smallest absolute Gasteiger partial charge is 0.0109 e. The molecular formula is C16H35N3. The van der Waals surface area contributed by atoms with Gasteiger partial charge in [-0.15, -0.1) is 0 Å². The van der Waals surface area contributed by atoms with Crippen LogP contribution in [0.25, 0.3) is 0 Å². The molecule has 0 atom stereocenters. The lowest BCUT2D eigenvalue weighted by Crippen LogP contribution is -2.37. The third-order valence-corrected chi connectivity index (χ3v) is 3.56. The Morgan fingerprint density at radius 2 is 1.37 bits per heavy atom. The summed E-state index contributed by atoms with van der Waals surface area (Å²) in [5, 5.41) is 0. The summed E-state index contributed by atoms with van der Waals surface area (Å²) >= 11 is 0. The molecule has 3 nitrogen and oxygen atoms in total. The van der Waals surface area contributed by atoms with Gasteiger partial charge < -0.3 is 14.7 Å². The maximum absolute atomic E-state index is 2.53. The fourth-order valence-electron chi connectivity index (χ4n) is 2.08. The predicted molar refractivity (Wildman–Crippen MR) is 86.8 cm³/mol. The second-order valence-corrected chi connectivity index (χ2v) is 5.40. The zero-order chi connectivity index (χ0) is 14.5. The number of allylic oxidation sites excluding steroid dienone is 1. The summed E-state index contributed by atoms with van der Waals surface area (Å²) in [5.74, 6) is 0. The average Bonchev–Trinajstić information content (AvgIpc) is 2.41. The van der Waals surface area contributed by atoms with Crippen LogP contribution in [0.1, 0.15) is 33.6 Å². The van der Waals surface area contributed by atoms with E-state index in [2.05, 4.69) is 61.7 Å². The van der Waals surface area contributed by atoms with Crippen molar-refractivity contribution in [2.45, 2.75) is 33.6 Å². The molecule has 0 aliphatic heterocycles. The molecule has 114 valence electrons. The molecule has 0 saturated carbocycles. The Morgan fingerprint density at radius 1 is 0.789 bits per heavy atom. The molecule has 0 aliphatic carbocycles. The van der Waals surface area contributed by atoms with E-state index in [1.807, 2.05) is 0 Å². The van der Waals surface area contributed by atoms with Crippen molar-refractivity contribution in [3.8, 4) is 0 Å². The Morgan fingerprint density at radius 3 is 1.89 bits per heavy atom. The van der Waals surface area contributed by atoms with Gasteiger partial charge in [0.05, 0.1) is 0 Å². The average molecular weight is 269 g/mol. The highest BCUT2D eigenvalue weighted by Crippen LogP contribution is 1.94. The summed E-state index contributed by atoms with van der Waals surface area (Å²) < 4.78 is 0. The molecule has 0 spiro atoms. The van der Waals surface area contributed by atoms with Crippen LogP contribution in [0.2, 0.25) is 0 Å². The van der Waals surface area contributed by atoms with Crippen LogP contribution in [-0.4, -0.2) is 74.6 Å². The van der Waals surface area contributed by atoms with Gasteiger partial charge in [0.2, 0.25) is 0 Å². The van der Waals surface area contributed by atoms with Gasteiger partial charge in [0.15, 0.2) is 0 Å². The Kier molecular flexibility index (Phi) is 12.4. The minimum atomic E-state index is 1.16. The largest absolute Gasteiger partial charge is 0.305 e. The van der Waals surface area contributed by atoms with E-state index in [9.17, 15) is 0 Å². The first-order valence-corrected chi connectivity index (χ1v) is 7.84. The maximum atomic E-state index is 2.53. The fraction of sp³-hybridized carbons (Fsp3) is 0.875. The van der Waals surface area contributed by atoms with Crippen molar-refractivity contribution >= 4 is 0 Å². The van der Waals surface area contributed by atoms with Crippen LogP contribution in [0.3, 0.4) is 0 Å². The van der Waals surface area contributed by atoms with E-state index in [0.29, 0.717) is 0 Å². The van der Waals surface area contributed by atoms with Crippen LogP contribution in [0, 0.1) is 0 Å². The number of nitrogens with zero attached hydrogens (tertiary/aromatic N) is 3. The first-order valence-electron chi connectivity index (χ1n) is 7.84. The van der Waals surface area contributed by atoms with Gasteiger partial charge in [0.25, 0.3) is 0 Å². The van der Waals surface area contributed by atoms with E-state index < -0.39 is 0 Å². The highest BCUT2D eigenvalue weighted by Gasteiger charge is 2.05. The second kappa shape index (κ2) is 12.6. The van der Waals surface area contributed by atoms with Crippen LogP contribution in [0.15, 0.2) is 12.2 Å². The van der Waals surface area contributed by atoms with Gasteiger partial charge in [0.1, 0.15) is 0 Å². The Hall–Kier alpha value is -0.380. The van der Waals surface area contributed by atoms with Gasteiger partial charge in [-0.3, -0.25) is 0 Å². The summed E-state index contributed by atoms with van der Waals surface area (Å²) in [7, 11) is 4.45. The monoisotopic (exact) mass is 269 g/mol. The molecule has 0 aliphatic rings. The Labute approximate surface area is 121 Å². The molecule has 0 aromatic carbocycles. The second-order valence-electron chi connectivity index (χ2n) is 5.40. The van der Waals surface area contributed by atoms with Crippen molar-refractivity contribution in [1.29, 1.82) is 0 Å². The van der Waals surface area contributed by atoms with Crippen molar-refractivity contribution in [2.24, 2.45) is 0 Å². The number of hydrogen-bond acceptors (Lipinski definition) is 3. The zero-order valence-electron chi connectivity index (χ0n) is 13.9. The molecule has 0 saturated heterocycles. The molecular weight excluding hydrogens is 234 g/mol. The van der Waals surface area contributed by atoms with Gasteiger partial charge in [-0.05, 0) is 47.0 Å². The summed E-state index contributed by atoms with van der Waals surface area (Å²) in [6, 6.07) is 0. The van der Waals surface area contributed by atoms with Crippen LogP contribution in [0.5, 0.6) is 0 Å². The topological polar surface area (TPSA) is 9.72 Å². The van der Waals surface area contributed by atoms with E-state index in [1.54, 1.807) is 0 Å². The number of rotatable bonds is 12. The molecule has 3 heteroatoms. The fourth-order valence-corrected chi connectivity index (χ4v) is 2.08. The highest BCUT2D eigenvalue weighted by molar-refractivity contribution is 4.77. The first kappa shape index (κ1) is 18.6. The molecule has 0 unspecified atom stereocenters. The van der Waals surface area contributed by atoms with Crippen molar-refractivity contribution in [2.75, 3.05) is 59.9 Å². The van der Waals surface area contributed by atoms with Gasteiger partial charge in [-0.1, -0.05) is 26.0 Å². The third kappa shape index (κ3) is 11.2. The lowest BCUT2D eigenvalue weighted by atomic mass is 10.3. The minimum absolute atomic E-state index is 1.16. The van der Waals surface area contributed by atoms with Crippen molar-refractivity contribution < 1.29 is 0 Å². The standard InChI is InChI=1S/C16H35N3/c1-6-9-10-12-17(4)13-14-18(5)15-16-19(8-3)11-7-2/h6,9H,7-8,10-16H2,1-5H3. The summed E-state index contributed by atoms with van der Waals surface area (Å²) in [6.45, 7) is 14.9. The lowest BCUT2D eigenvalue weighted by Gasteiger charge is -2.25. The summed E-state index contributed by atoms with van der Waals surface area (Å²) in [5.41, 5.74) is 0. The molecule has 0 aromatic rings. The van der Waals surface area contributed by atoms with Crippen LogP contribution < -0.4 is 0 Å². The third-order valence-electron chi connectivity index (χ3n) is 3.56. The number of hydrogen-bond donors (Lipinski definition) is 0. The van der Waals surface area contributed by atoms with E-state index in [4.69, 9.17) is 0 Å². The molecule has 0 radical (unpaired) electrons. The van der Waals surface area contributed by atoms with E-state index in [0.717, 1.165) is 26.1 Å². The van der Waals surface area contributed by atoms with Crippen LogP contribution in [0.4, 0.5) is 0 Å². The van der Waals surface area contributed by atoms with Crippen LogP contribution in [-0.2, 0) is 0 Å². The van der Waals surface area contributed by atoms with E-state index in [-0.39, 0.29) is 0 Å². The molecule has 19 heavy (non-hydrogen) atoms. The normalized spacial score (nSPS) is 12.4.